The summed E-state index contributed by atoms with van der Waals surface area (Å²) in [7, 11) is 0. The van der Waals surface area contributed by atoms with Gasteiger partial charge in [0, 0.05) is 0 Å². The highest BCUT2D eigenvalue weighted by Crippen LogP contribution is 2.24. The Balaban J connectivity index is 3.88. The minimum Gasteiger partial charge on any atom is -0.480 e. The highest BCUT2D eigenvalue weighted by atomic mass is 16.4. The summed E-state index contributed by atoms with van der Waals surface area (Å²) in [6.45, 7) is 8.33. The molecule has 13 heavy (non-hydrogen) atoms. The lowest BCUT2D eigenvalue weighted by atomic mass is 9.85. The summed E-state index contributed by atoms with van der Waals surface area (Å²) in [5, 5.41) is 8.66. The van der Waals surface area contributed by atoms with Gasteiger partial charge in [0.2, 0.25) is 0 Å². The Kier molecular flexibility index (Phi) is 4.40. The monoisotopic (exact) mass is 187 g/mol. The number of carbonyl (C=O) groups is 1. The van der Waals surface area contributed by atoms with Gasteiger partial charge in [0.1, 0.15) is 6.04 Å². The zero-order valence-corrected chi connectivity index (χ0v) is 9.00. The van der Waals surface area contributed by atoms with Gasteiger partial charge in [-0.15, -0.1) is 0 Å². The van der Waals surface area contributed by atoms with Crippen LogP contribution in [0.5, 0.6) is 0 Å². The highest BCUT2D eigenvalue weighted by molar-refractivity contribution is 5.73. The van der Waals surface area contributed by atoms with Gasteiger partial charge < -0.3 is 10.8 Å². The molecule has 0 aromatic rings. The van der Waals surface area contributed by atoms with Crippen LogP contribution < -0.4 is 5.73 Å². The van der Waals surface area contributed by atoms with Crippen molar-refractivity contribution in [1.29, 1.82) is 0 Å². The first kappa shape index (κ1) is 12.4. The van der Waals surface area contributed by atoms with Crippen molar-refractivity contribution in [2.24, 2.45) is 17.1 Å². The van der Waals surface area contributed by atoms with Gasteiger partial charge in [0.25, 0.3) is 0 Å². The van der Waals surface area contributed by atoms with Crippen molar-refractivity contribution in [2.75, 3.05) is 0 Å². The van der Waals surface area contributed by atoms with Gasteiger partial charge >= 0.3 is 5.97 Å². The summed E-state index contributed by atoms with van der Waals surface area (Å²) in [4.78, 5) is 10.5. The van der Waals surface area contributed by atoms with Gasteiger partial charge in [0.05, 0.1) is 0 Å². The summed E-state index contributed by atoms with van der Waals surface area (Å²) in [6, 6.07) is -0.720. The Bertz CT molecular complexity index is 172. The van der Waals surface area contributed by atoms with Crippen LogP contribution in [-0.2, 0) is 4.79 Å². The molecule has 0 aliphatic heterocycles. The minimum absolute atomic E-state index is 0.0525. The molecule has 0 amide bonds. The maximum atomic E-state index is 10.5. The van der Waals surface area contributed by atoms with E-state index in [0.29, 0.717) is 0 Å². The van der Waals surface area contributed by atoms with Gasteiger partial charge in [-0.3, -0.25) is 4.79 Å². The van der Waals surface area contributed by atoms with E-state index in [9.17, 15) is 4.79 Å². The smallest absolute Gasteiger partial charge is 0.320 e. The molecule has 0 aliphatic carbocycles. The van der Waals surface area contributed by atoms with Crippen LogP contribution in [0.15, 0.2) is 0 Å². The number of rotatable bonds is 4. The van der Waals surface area contributed by atoms with Crippen LogP contribution in [0.1, 0.15) is 40.5 Å². The molecule has 0 radical (unpaired) electrons. The van der Waals surface area contributed by atoms with E-state index in [1.807, 2.05) is 6.92 Å². The molecule has 78 valence electrons. The molecule has 3 nitrogen and oxygen atoms in total. The Labute approximate surface area is 80.3 Å². The van der Waals surface area contributed by atoms with Crippen molar-refractivity contribution in [3.8, 4) is 0 Å². The van der Waals surface area contributed by atoms with E-state index in [0.717, 1.165) is 12.8 Å². The number of hydrogen-bond donors (Lipinski definition) is 2. The van der Waals surface area contributed by atoms with E-state index < -0.39 is 12.0 Å². The van der Waals surface area contributed by atoms with Crippen LogP contribution in [-0.4, -0.2) is 17.1 Å². The van der Waals surface area contributed by atoms with E-state index in [4.69, 9.17) is 10.8 Å². The molecule has 0 rings (SSSR count). The molecule has 0 saturated carbocycles. The number of aliphatic carboxylic acids is 1. The summed E-state index contributed by atoms with van der Waals surface area (Å²) in [5.41, 5.74) is 5.75. The third kappa shape index (κ3) is 5.64. The van der Waals surface area contributed by atoms with Gasteiger partial charge in [-0.05, 0) is 24.2 Å². The van der Waals surface area contributed by atoms with E-state index >= 15 is 0 Å². The first-order valence-electron chi connectivity index (χ1n) is 4.72. The Morgan fingerprint density at radius 3 is 2.23 bits per heavy atom. The van der Waals surface area contributed by atoms with Crippen LogP contribution in [0.4, 0.5) is 0 Å². The SMILES string of the molecule is C[C@@H](CCC(C)(C)C)[C@H](N)C(=O)O. The molecule has 0 unspecified atom stereocenters. The second-order valence-electron chi connectivity index (χ2n) is 4.94. The molecule has 0 heterocycles. The Hall–Kier alpha value is -0.570. The topological polar surface area (TPSA) is 63.3 Å². The van der Waals surface area contributed by atoms with Crippen LogP contribution in [0.25, 0.3) is 0 Å². The number of carboxylic acid groups (broad SMARTS) is 1. The van der Waals surface area contributed by atoms with Gasteiger partial charge in [0.15, 0.2) is 0 Å². The van der Waals surface area contributed by atoms with E-state index in [1.54, 1.807) is 0 Å². The van der Waals surface area contributed by atoms with Crippen LogP contribution in [0.2, 0.25) is 0 Å². The van der Waals surface area contributed by atoms with Crippen LogP contribution in [0, 0.1) is 11.3 Å². The maximum Gasteiger partial charge on any atom is 0.320 e. The number of nitrogens with two attached hydrogens (primary N) is 1. The average Bonchev–Trinajstić information content (AvgIpc) is 1.97. The molecule has 0 aromatic heterocycles. The molecule has 3 heteroatoms. The fraction of sp³-hybridized carbons (Fsp3) is 0.900. The lowest BCUT2D eigenvalue weighted by Gasteiger charge is -2.22. The van der Waals surface area contributed by atoms with Crippen molar-refractivity contribution in [2.45, 2.75) is 46.6 Å². The maximum absolute atomic E-state index is 10.5. The third-order valence-corrected chi connectivity index (χ3v) is 2.25. The summed E-state index contributed by atoms with van der Waals surface area (Å²) >= 11 is 0. The highest BCUT2D eigenvalue weighted by Gasteiger charge is 2.21. The molecule has 0 saturated heterocycles. The van der Waals surface area contributed by atoms with Crippen molar-refractivity contribution < 1.29 is 9.90 Å². The minimum atomic E-state index is -0.901. The molecule has 0 aromatic carbocycles. The zero-order valence-electron chi connectivity index (χ0n) is 9.00. The Morgan fingerprint density at radius 1 is 1.46 bits per heavy atom. The normalized spacial score (nSPS) is 16.7. The molecule has 0 aliphatic rings. The summed E-state index contributed by atoms with van der Waals surface area (Å²) in [5.74, 6) is -0.849. The predicted octanol–water partition coefficient (Wildman–Crippen LogP) is 1.86. The summed E-state index contributed by atoms with van der Waals surface area (Å²) in [6.07, 6.45) is 1.88. The van der Waals surface area contributed by atoms with Gasteiger partial charge in [-0.2, -0.15) is 0 Å². The number of carboxylic acids is 1. The molecular weight excluding hydrogens is 166 g/mol. The van der Waals surface area contributed by atoms with Crippen LogP contribution in [0.3, 0.4) is 0 Å². The van der Waals surface area contributed by atoms with E-state index in [2.05, 4.69) is 20.8 Å². The second kappa shape index (κ2) is 4.61. The van der Waals surface area contributed by atoms with Crippen molar-refractivity contribution in [3.05, 3.63) is 0 Å². The molecule has 0 bridgehead atoms. The fourth-order valence-corrected chi connectivity index (χ4v) is 1.08. The lowest BCUT2D eigenvalue weighted by molar-refractivity contribution is -0.139. The number of hydrogen-bond acceptors (Lipinski definition) is 2. The van der Waals surface area contributed by atoms with Crippen molar-refractivity contribution >= 4 is 5.97 Å². The predicted molar refractivity (Wildman–Crippen MR) is 53.5 cm³/mol. The standard InChI is InChI=1S/C10H21NO2/c1-7(8(11)9(12)13)5-6-10(2,3)4/h7-8H,5-6,11H2,1-4H3,(H,12,13)/t7-,8-/m0/s1. The average molecular weight is 187 g/mol. The molecule has 0 fully saturated rings. The largest absolute Gasteiger partial charge is 0.480 e. The third-order valence-electron chi connectivity index (χ3n) is 2.25. The first-order valence-corrected chi connectivity index (χ1v) is 4.72. The summed E-state index contributed by atoms with van der Waals surface area (Å²) < 4.78 is 0. The molecular formula is C10H21NO2. The van der Waals surface area contributed by atoms with Crippen molar-refractivity contribution in [1.82, 2.24) is 0 Å². The van der Waals surface area contributed by atoms with Gasteiger partial charge in [-0.1, -0.05) is 27.7 Å². The Morgan fingerprint density at radius 2 is 1.92 bits per heavy atom. The zero-order chi connectivity index (χ0) is 10.6. The van der Waals surface area contributed by atoms with Gasteiger partial charge in [-0.25, -0.2) is 0 Å². The van der Waals surface area contributed by atoms with E-state index in [-0.39, 0.29) is 11.3 Å². The molecule has 0 spiro atoms. The quantitative estimate of drug-likeness (QED) is 0.706. The van der Waals surface area contributed by atoms with E-state index in [1.165, 1.54) is 0 Å². The molecule has 3 N–H and O–H groups in total. The first-order chi connectivity index (χ1) is 5.74. The fourth-order valence-electron chi connectivity index (χ4n) is 1.08. The van der Waals surface area contributed by atoms with Crippen molar-refractivity contribution in [3.63, 3.8) is 0 Å². The van der Waals surface area contributed by atoms with Crippen LogP contribution >= 0.6 is 0 Å². The second-order valence-corrected chi connectivity index (χ2v) is 4.94. The molecule has 2 atom stereocenters. The lowest BCUT2D eigenvalue weighted by Crippen LogP contribution is -2.36.